The number of methoxy groups -OCH3 is 1. The van der Waals surface area contributed by atoms with Crippen LogP contribution in [0.4, 0.5) is 4.39 Å². The number of esters is 1. The zero-order chi connectivity index (χ0) is 9.84. The molecule has 0 bridgehead atoms. The van der Waals surface area contributed by atoms with Gasteiger partial charge in [0.25, 0.3) is 0 Å². The summed E-state index contributed by atoms with van der Waals surface area (Å²) in [6.07, 6.45) is 0. The SMILES string of the molecule is COC(=O)[C@@H](N)c1cccc(F)c1. The Morgan fingerprint density at radius 2 is 2.31 bits per heavy atom. The minimum Gasteiger partial charge on any atom is -0.468 e. The molecule has 0 aliphatic carbocycles. The summed E-state index contributed by atoms with van der Waals surface area (Å²) in [6, 6.07) is 4.65. The molecule has 70 valence electrons. The van der Waals surface area contributed by atoms with Crippen LogP contribution in [0.3, 0.4) is 0 Å². The van der Waals surface area contributed by atoms with Crippen LogP contribution in [0.2, 0.25) is 0 Å². The lowest BCUT2D eigenvalue weighted by atomic mass is 10.1. The molecule has 1 atom stereocenters. The average molecular weight is 183 g/mol. The maximum absolute atomic E-state index is 12.7. The van der Waals surface area contributed by atoms with Crippen molar-refractivity contribution in [2.45, 2.75) is 6.04 Å². The lowest BCUT2D eigenvalue weighted by Crippen LogP contribution is -2.22. The minimum atomic E-state index is -0.916. The molecule has 4 heteroatoms. The first-order chi connectivity index (χ1) is 6.15. The topological polar surface area (TPSA) is 52.3 Å². The second kappa shape index (κ2) is 4.00. The van der Waals surface area contributed by atoms with E-state index in [-0.39, 0.29) is 0 Å². The van der Waals surface area contributed by atoms with Crippen LogP contribution in [0, 0.1) is 5.82 Å². The number of ether oxygens (including phenoxy) is 1. The van der Waals surface area contributed by atoms with Gasteiger partial charge in [-0.15, -0.1) is 0 Å². The molecule has 1 rings (SSSR count). The lowest BCUT2D eigenvalue weighted by molar-refractivity contribution is -0.142. The van der Waals surface area contributed by atoms with Crippen LogP contribution in [0.5, 0.6) is 0 Å². The monoisotopic (exact) mass is 183 g/mol. The van der Waals surface area contributed by atoms with E-state index < -0.39 is 17.8 Å². The van der Waals surface area contributed by atoms with E-state index in [1.807, 2.05) is 0 Å². The second-order valence-electron chi connectivity index (χ2n) is 2.56. The summed E-state index contributed by atoms with van der Waals surface area (Å²) in [5.74, 6) is -0.998. The van der Waals surface area contributed by atoms with Crippen molar-refractivity contribution in [3.05, 3.63) is 35.6 Å². The maximum atomic E-state index is 12.7. The molecule has 0 aliphatic rings. The summed E-state index contributed by atoms with van der Waals surface area (Å²) in [7, 11) is 1.24. The van der Waals surface area contributed by atoms with E-state index in [1.54, 1.807) is 6.07 Å². The molecule has 0 fully saturated rings. The fourth-order valence-corrected chi connectivity index (χ4v) is 0.963. The Kier molecular flexibility index (Phi) is 2.97. The normalized spacial score (nSPS) is 12.2. The molecular formula is C9H10FNO2. The first kappa shape index (κ1) is 9.67. The van der Waals surface area contributed by atoms with E-state index >= 15 is 0 Å². The van der Waals surface area contributed by atoms with Crippen LogP contribution in [-0.2, 0) is 9.53 Å². The number of hydrogen-bond donors (Lipinski definition) is 1. The Hall–Kier alpha value is -1.42. The van der Waals surface area contributed by atoms with Crippen molar-refractivity contribution in [3.8, 4) is 0 Å². The summed E-state index contributed by atoms with van der Waals surface area (Å²) >= 11 is 0. The molecule has 0 radical (unpaired) electrons. The number of rotatable bonds is 2. The predicted molar refractivity (Wildman–Crippen MR) is 45.3 cm³/mol. The van der Waals surface area contributed by atoms with Gasteiger partial charge in [-0.2, -0.15) is 0 Å². The number of halogens is 1. The van der Waals surface area contributed by atoms with E-state index in [1.165, 1.54) is 25.3 Å². The summed E-state index contributed by atoms with van der Waals surface area (Å²) in [5, 5.41) is 0. The molecule has 0 saturated carbocycles. The van der Waals surface area contributed by atoms with Gasteiger partial charge in [0.1, 0.15) is 11.9 Å². The zero-order valence-electron chi connectivity index (χ0n) is 7.16. The highest BCUT2D eigenvalue weighted by molar-refractivity contribution is 5.77. The smallest absolute Gasteiger partial charge is 0.327 e. The van der Waals surface area contributed by atoms with Crippen LogP contribution in [0.25, 0.3) is 0 Å². The Morgan fingerprint density at radius 1 is 1.62 bits per heavy atom. The number of hydrogen-bond acceptors (Lipinski definition) is 3. The molecule has 0 amide bonds. The molecule has 0 saturated heterocycles. The number of carbonyl (C=O) groups is 1. The Balaban J connectivity index is 2.88. The standard InChI is InChI=1S/C9H10FNO2/c1-13-9(12)8(11)6-3-2-4-7(10)5-6/h2-5,8H,11H2,1H3/t8-/m0/s1. The highest BCUT2D eigenvalue weighted by Gasteiger charge is 2.15. The van der Waals surface area contributed by atoms with E-state index in [0.29, 0.717) is 5.56 Å². The van der Waals surface area contributed by atoms with Crippen LogP contribution in [-0.4, -0.2) is 13.1 Å². The summed E-state index contributed by atoms with van der Waals surface area (Å²) in [4.78, 5) is 11.0. The van der Waals surface area contributed by atoms with Gasteiger partial charge in [-0.05, 0) is 17.7 Å². The Bertz CT molecular complexity index is 314. The third-order valence-corrected chi connectivity index (χ3v) is 1.66. The van der Waals surface area contributed by atoms with Crippen LogP contribution >= 0.6 is 0 Å². The molecular weight excluding hydrogens is 173 g/mol. The third kappa shape index (κ3) is 2.26. The van der Waals surface area contributed by atoms with Gasteiger partial charge in [-0.3, -0.25) is 4.79 Å². The van der Waals surface area contributed by atoms with Crippen molar-refractivity contribution in [2.75, 3.05) is 7.11 Å². The average Bonchev–Trinajstić information content (AvgIpc) is 2.15. The van der Waals surface area contributed by atoms with Crippen LogP contribution < -0.4 is 5.73 Å². The molecule has 0 heterocycles. The number of benzene rings is 1. The van der Waals surface area contributed by atoms with Crippen molar-refractivity contribution in [3.63, 3.8) is 0 Å². The summed E-state index contributed by atoms with van der Waals surface area (Å²) in [5.41, 5.74) is 5.89. The summed E-state index contributed by atoms with van der Waals surface area (Å²) in [6.45, 7) is 0. The number of nitrogens with two attached hydrogens (primary N) is 1. The molecule has 1 aromatic carbocycles. The molecule has 1 aromatic rings. The van der Waals surface area contributed by atoms with Crippen molar-refractivity contribution >= 4 is 5.97 Å². The lowest BCUT2D eigenvalue weighted by Gasteiger charge is -2.08. The first-order valence-corrected chi connectivity index (χ1v) is 3.74. The molecule has 0 aromatic heterocycles. The molecule has 0 spiro atoms. The Labute approximate surface area is 75.3 Å². The van der Waals surface area contributed by atoms with E-state index in [9.17, 15) is 9.18 Å². The molecule has 3 nitrogen and oxygen atoms in total. The highest BCUT2D eigenvalue weighted by atomic mass is 19.1. The van der Waals surface area contributed by atoms with Gasteiger partial charge in [0.15, 0.2) is 0 Å². The quantitative estimate of drug-likeness (QED) is 0.696. The summed E-state index contributed by atoms with van der Waals surface area (Å²) < 4.78 is 17.1. The largest absolute Gasteiger partial charge is 0.468 e. The predicted octanol–water partition coefficient (Wildman–Crippen LogP) is 0.998. The fourth-order valence-electron chi connectivity index (χ4n) is 0.963. The van der Waals surface area contributed by atoms with E-state index in [0.717, 1.165) is 0 Å². The third-order valence-electron chi connectivity index (χ3n) is 1.66. The number of carbonyl (C=O) groups excluding carboxylic acids is 1. The van der Waals surface area contributed by atoms with Gasteiger partial charge in [-0.1, -0.05) is 12.1 Å². The molecule has 2 N–H and O–H groups in total. The van der Waals surface area contributed by atoms with Gasteiger partial charge >= 0.3 is 5.97 Å². The molecule has 0 unspecified atom stereocenters. The fraction of sp³-hybridized carbons (Fsp3) is 0.222. The first-order valence-electron chi connectivity index (χ1n) is 3.74. The van der Waals surface area contributed by atoms with Crippen molar-refractivity contribution < 1.29 is 13.9 Å². The molecule has 0 aliphatic heterocycles. The zero-order valence-corrected chi connectivity index (χ0v) is 7.16. The van der Waals surface area contributed by atoms with Crippen molar-refractivity contribution in [1.82, 2.24) is 0 Å². The van der Waals surface area contributed by atoms with Crippen molar-refractivity contribution in [1.29, 1.82) is 0 Å². The van der Waals surface area contributed by atoms with Gasteiger partial charge < -0.3 is 10.5 Å². The van der Waals surface area contributed by atoms with E-state index in [2.05, 4.69) is 4.74 Å². The van der Waals surface area contributed by atoms with E-state index in [4.69, 9.17) is 5.73 Å². The van der Waals surface area contributed by atoms with Gasteiger partial charge in [0, 0.05) is 0 Å². The van der Waals surface area contributed by atoms with Crippen LogP contribution in [0.15, 0.2) is 24.3 Å². The highest BCUT2D eigenvalue weighted by Crippen LogP contribution is 2.12. The van der Waals surface area contributed by atoms with Gasteiger partial charge in [0.05, 0.1) is 7.11 Å². The van der Waals surface area contributed by atoms with Gasteiger partial charge in [0.2, 0.25) is 0 Å². The Morgan fingerprint density at radius 3 is 2.85 bits per heavy atom. The van der Waals surface area contributed by atoms with Crippen molar-refractivity contribution in [2.24, 2.45) is 5.73 Å². The molecule has 13 heavy (non-hydrogen) atoms. The maximum Gasteiger partial charge on any atom is 0.327 e. The van der Waals surface area contributed by atoms with Crippen LogP contribution in [0.1, 0.15) is 11.6 Å². The van der Waals surface area contributed by atoms with Gasteiger partial charge in [-0.25, -0.2) is 4.39 Å². The second-order valence-corrected chi connectivity index (χ2v) is 2.56. The minimum absolute atomic E-state index is 0.409.